The summed E-state index contributed by atoms with van der Waals surface area (Å²) in [7, 11) is -2.46. The first-order chi connectivity index (χ1) is 19.4. The Labute approximate surface area is 243 Å². The van der Waals surface area contributed by atoms with Crippen LogP contribution in [0, 0.1) is 5.92 Å². The van der Waals surface area contributed by atoms with Gasteiger partial charge >= 0.3 is 0 Å². The Hall–Kier alpha value is -3.42. The van der Waals surface area contributed by atoms with Crippen molar-refractivity contribution in [3.05, 3.63) is 51.9 Å². The molecule has 2 aliphatic rings. The highest BCUT2D eigenvalue weighted by Crippen LogP contribution is 2.29. The van der Waals surface area contributed by atoms with Crippen LogP contribution in [-0.4, -0.2) is 89.0 Å². The minimum absolute atomic E-state index is 0.0205. The molecule has 2 aliphatic heterocycles. The fourth-order valence-corrected chi connectivity index (χ4v) is 7.09. The smallest absolute Gasteiger partial charge is 0.266 e. The van der Waals surface area contributed by atoms with Crippen molar-refractivity contribution in [3.63, 3.8) is 0 Å². The van der Waals surface area contributed by atoms with E-state index in [2.05, 4.69) is 20.3 Å². The molecular formula is C27H34ClN7O5S. The van der Waals surface area contributed by atoms with Crippen molar-refractivity contribution in [2.24, 2.45) is 13.0 Å². The maximum Gasteiger partial charge on any atom is 0.266 e. The average molecular weight is 604 g/mol. The van der Waals surface area contributed by atoms with Crippen molar-refractivity contribution in [2.75, 3.05) is 37.6 Å². The first-order valence-corrected chi connectivity index (χ1v) is 15.4. The Balaban J connectivity index is 1.32. The molecule has 0 unspecified atom stereocenters. The molecule has 5 rings (SSSR count). The second kappa shape index (κ2) is 11.5. The topological polar surface area (TPSA) is 141 Å². The number of piperidine rings is 1. The van der Waals surface area contributed by atoms with Crippen LogP contribution in [0.2, 0.25) is 5.02 Å². The van der Waals surface area contributed by atoms with Gasteiger partial charge in [-0.15, -0.1) is 0 Å². The summed E-state index contributed by atoms with van der Waals surface area (Å²) in [6, 6.07) is 6.64. The Morgan fingerprint density at radius 2 is 1.90 bits per heavy atom. The molecule has 1 aromatic carbocycles. The number of anilines is 1. The second-order valence-electron chi connectivity index (χ2n) is 11.0. The molecule has 0 saturated carbocycles. The number of aryl methyl sites for hydroxylation is 1. The van der Waals surface area contributed by atoms with Gasteiger partial charge in [0.05, 0.1) is 16.5 Å². The van der Waals surface area contributed by atoms with E-state index in [4.69, 9.17) is 11.6 Å². The summed E-state index contributed by atoms with van der Waals surface area (Å²) < 4.78 is 29.7. The lowest BCUT2D eigenvalue weighted by Gasteiger charge is -2.42. The van der Waals surface area contributed by atoms with E-state index in [1.165, 1.54) is 22.9 Å². The summed E-state index contributed by atoms with van der Waals surface area (Å²) in [6.45, 7) is 4.88. The number of amides is 2. The standard InChI is InChI=1S/C27H34ClN7O5S/c1-17(2)30-27(38)23-15-34(41(39,40)19-4-5-20-21(28)13-29-22(20)12-19)16-26(37)35(23)14-18-8-10-33(11-9-18)24-6-7-25(36)32(3)31-24/h4-7,12-13,17-18,23,29H,8-11,14-16H2,1-3H3,(H,30,38)/t23-/m0/s1. The fourth-order valence-electron chi connectivity index (χ4n) is 5.45. The van der Waals surface area contributed by atoms with E-state index in [9.17, 15) is 22.8 Å². The van der Waals surface area contributed by atoms with Crippen LogP contribution in [0.1, 0.15) is 26.7 Å². The number of halogens is 1. The zero-order valence-corrected chi connectivity index (χ0v) is 24.8. The number of piperazine rings is 1. The lowest BCUT2D eigenvalue weighted by Crippen LogP contribution is -2.63. The molecule has 2 N–H and O–H groups in total. The van der Waals surface area contributed by atoms with Gasteiger partial charge < -0.3 is 20.1 Å². The Bertz CT molecular complexity index is 1630. The fraction of sp³-hybridized carbons (Fsp3) is 0.481. The highest BCUT2D eigenvalue weighted by molar-refractivity contribution is 7.89. The van der Waals surface area contributed by atoms with Gasteiger partial charge in [-0.2, -0.15) is 9.40 Å². The normalized spacial score (nSPS) is 19.3. The molecule has 4 heterocycles. The second-order valence-corrected chi connectivity index (χ2v) is 13.3. The maximum atomic E-state index is 13.6. The average Bonchev–Trinajstić information content (AvgIpc) is 3.31. The van der Waals surface area contributed by atoms with Crippen molar-refractivity contribution in [1.29, 1.82) is 0 Å². The van der Waals surface area contributed by atoms with E-state index in [-0.39, 0.29) is 41.4 Å². The van der Waals surface area contributed by atoms with Crippen molar-refractivity contribution >= 4 is 50.2 Å². The number of rotatable bonds is 7. The van der Waals surface area contributed by atoms with E-state index in [1.807, 2.05) is 13.8 Å². The summed E-state index contributed by atoms with van der Waals surface area (Å²) >= 11 is 6.15. The molecule has 12 nitrogen and oxygen atoms in total. The predicted molar refractivity (Wildman–Crippen MR) is 155 cm³/mol. The molecule has 14 heteroatoms. The number of hydrogen-bond acceptors (Lipinski definition) is 7. The van der Waals surface area contributed by atoms with Gasteiger partial charge in [0, 0.05) is 62.4 Å². The zero-order chi connectivity index (χ0) is 29.5. The number of H-pyrrole nitrogens is 1. The Morgan fingerprint density at radius 1 is 1.17 bits per heavy atom. The zero-order valence-electron chi connectivity index (χ0n) is 23.2. The monoisotopic (exact) mass is 603 g/mol. The van der Waals surface area contributed by atoms with Crippen molar-refractivity contribution in [1.82, 2.24) is 29.3 Å². The Morgan fingerprint density at radius 3 is 2.59 bits per heavy atom. The van der Waals surface area contributed by atoms with Gasteiger partial charge in [0.25, 0.3) is 5.56 Å². The third-order valence-electron chi connectivity index (χ3n) is 7.70. The van der Waals surface area contributed by atoms with Gasteiger partial charge in [0.1, 0.15) is 11.9 Å². The van der Waals surface area contributed by atoms with Crippen LogP contribution in [0.3, 0.4) is 0 Å². The van der Waals surface area contributed by atoms with Crippen LogP contribution >= 0.6 is 11.6 Å². The molecular weight excluding hydrogens is 570 g/mol. The highest BCUT2D eigenvalue weighted by Gasteiger charge is 2.43. The van der Waals surface area contributed by atoms with Crippen molar-refractivity contribution in [3.8, 4) is 0 Å². The number of aromatic nitrogens is 3. The third kappa shape index (κ3) is 5.97. The van der Waals surface area contributed by atoms with Gasteiger partial charge in [-0.25, -0.2) is 13.1 Å². The predicted octanol–water partition coefficient (Wildman–Crippen LogP) is 1.56. The lowest BCUT2D eigenvalue weighted by molar-refractivity contribution is -0.146. The van der Waals surface area contributed by atoms with E-state index in [1.54, 1.807) is 30.3 Å². The first-order valence-electron chi connectivity index (χ1n) is 13.6. The summed E-state index contributed by atoms with van der Waals surface area (Å²) in [5.41, 5.74) is 0.387. The number of nitrogens with zero attached hydrogens (tertiary/aromatic N) is 5. The van der Waals surface area contributed by atoms with Crippen LogP contribution in [0.15, 0.2) is 46.2 Å². The molecule has 0 aliphatic carbocycles. The van der Waals surface area contributed by atoms with Gasteiger partial charge in [-0.1, -0.05) is 11.6 Å². The van der Waals surface area contributed by atoms with Crippen LogP contribution in [0.25, 0.3) is 10.9 Å². The molecule has 0 radical (unpaired) electrons. The Kier molecular flexibility index (Phi) is 8.13. The van der Waals surface area contributed by atoms with Crippen molar-refractivity contribution in [2.45, 2.75) is 43.7 Å². The molecule has 2 saturated heterocycles. The molecule has 41 heavy (non-hydrogen) atoms. The van der Waals surface area contributed by atoms with E-state index in [0.717, 1.165) is 23.0 Å². The molecule has 3 aromatic rings. The van der Waals surface area contributed by atoms with E-state index >= 15 is 0 Å². The molecule has 2 fully saturated rings. The van der Waals surface area contributed by atoms with E-state index < -0.39 is 22.0 Å². The molecule has 2 aromatic heterocycles. The minimum atomic E-state index is -4.07. The van der Waals surface area contributed by atoms with Crippen LogP contribution in [0.4, 0.5) is 5.82 Å². The number of hydrogen-bond donors (Lipinski definition) is 2. The summed E-state index contributed by atoms with van der Waals surface area (Å²) in [6.07, 6.45) is 3.10. The van der Waals surface area contributed by atoms with Crippen LogP contribution in [0.5, 0.6) is 0 Å². The summed E-state index contributed by atoms with van der Waals surface area (Å²) in [4.78, 5) is 45.1. The SMILES string of the molecule is CC(C)NC(=O)[C@@H]1CN(S(=O)(=O)c2ccc3c(Cl)c[nH]c3c2)CC(=O)N1CC1CCN(c2ccc(=O)n(C)n2)CC1. The molecule has 2 amide bonds. The number of fused-ring (bicyclic) bond motifs is 1. The number of aromatic amines is 1. The van der Waals surface area contributed by atoms with E-state index in [0.29, 0.717) is 35.6 Å². The van der Waals surface area contributed by atoms with Gasteiger partial charge in [0.2, 0.25) is 21.8 Å². The number of nitrogens with one attached hydrogen (secondary N) is 2. The number of benzene rings is 1. The quantitative estimate of drug-likeness (QED) is 0.417. The van der Waals surface area contributed by atoms with Crippen molar-refractivity contribution < 1.29 is 18.0 Å². The van der Waals surface area contributed by atoms with Gasteiger partial charge in [-0.05, 0) is 56.9 Å². The van der Waals surface area contributed by atoms with Crippen LogP contribution < -0.4 is 15.8 Å². The van der Waals surface area contributed by atoms with Gasteiger partial charge in [0.15, 0.2) is 0 Å². The molecule has 1 atom stereocenters. The number of carbonyl (C=O) groups excluding carboxylic acids is 2. The lowest BCUT2D eigenvalue weighted by atomic mass is 9.95. The number of sulfonamides is 1. The number of carbonyl (C=O) groups is 2. The molecule has 0 spiro atoms. The molecule has 0 bridgehead atoms. The first kappa shape index (κ1) is 29.1. The van der Waals surface area contributed by atoms with Gasteiger partial charge in [-0.3, -0.25) is 14.4 Å². The molecule has 220 valence electrons. The summed E-state index contributed by atoms with van der Waals surface area (Å²) in [5, 5.41) is 8.36. The summed E-state index contributed by atoms with van der Waals surface area (Å²) in [5.74, 6) is 0.0521. The van der Waals surface area contributed by atoms with Crippen LogP contribution in [-0.2, 0) is 26.7 Å². The highest BCUT2D eigenvalue weighted by atomic mass is 35.5. The largest absolute Gasteiger partial charge is 0.360 e. The maximum absolute atomic E-state index is 13.6. The third-order valence-corrected chi connectivity index (χ3v) is 9.82. The minimum Gasteiger partial charge on any atom is -0.360 e.